The fourth-order valence-electron chi connectivity index (χ4n) is 1.76. The third-order valence-corrected chi connectivity index (χ3v) is 2.73. The largest absolute Gasteiger partial charge is 0.494 e. The Labute approximate surface area is 110 Å². The van der Waals surface area contributed by atoms with Gasteiger partial charge in [0.1, 0.15) is 11.6 Å². The van der Waals surface area contributed by atoms with E-state index >= 15 is 0 Å². The summed E-state index contributed by atoms with van der Waals surface area (Å²) in [4.78, 5) is 12.2. The highest BCUT2D eigenvalue weighted by Crippen LogP contribution is 2.21. The van der Waals surface area contributed by atoms with Crippen molar-refractivity contribution in [1.29, 1.82) is 0 Å². The molecule has 2 aromatic rings. The van der Waals surface area contributed by atoms with Crippen LogP contribution >= 0.6 is 0 Å². The third-order valence-electron chi connectivity index (χ3n) is 2.73. The molecule has 19 heavy (non-hydrogen) atoms. The first-order chi connectivity index (χ1) is 9.13. The molecule has 0 unspecified atom stereocenters. The number of para-hydroxylation sites is 1. The van der Waals surface area contributed by atoms with Gasteiger partial charge in [-0.25, -0.2) is 4.39 Å². The zero-order valence-electron chi connectivity index (χ0n) is 10.5. The smallest absolute Gasteiger partial charge is 0.195 e. The summed E-state index contributed by atoms with van der Waals surface area (Å²) in [5.41, 5.74) is 6.07. The van der Waals surface area contributed by atoms with Crippen molar-refractivity contribution >= 4 is 11.5 Å². The fourth-order valence-corrected chi connectivity index (χ4v) is 1.76. The van der Waals surface area contributed by atoms with Gasteiger partial charge in [-0.05, 0) is 43.3 Å². The molecule has 2 aromatic carbocycles. The standard InChI is InChI=1S/C15H14FNO2/c1-2-19-11-8-6-10(7-9-11)15(18)12-4-3-5-13(16)14(12)17/h3-9H,2,17H2,1H3. The van der Waals surface area contributed by atoms with Gasteiger partial charge in [0.15, 0.2) is 5.78 Å². The number of halogens is 1. The van der Waals surface area contributed by atoms with Crippen LogP contribution in [0, 0.1) is 5.82 Å². The van der Waals surface area contributed by atoms with Crippen LogP contribution in [0.25, 0.3) is 0 Å². The minimum atomic E-state index is -0.586. The van der Waals surface area contributed by atoms with Crippen LogP contribution in [0.1, 0.15) is 22.8 Å². The number of hydrogen-bond donors (Lipinski definition) is 1. The number of nitrogens with two attached hydrogens (primary N) is 1. The van der Waals surface area contributed by atoms with E-state index in [1.807, 2.05) is 6.92 Å². The van der Waals surface area contributed by atoms with E-state index in [-0.39, 0.29) is 17.0 Å². The minimum Gasteiger partial charge on any atom is -0.494 e. The van der Waals surface area contributed by atoms with Gasteiger partial charge in [-0.1, -0.05) is 6.07 Å². The van der Waals surface area contributed by atoms with E-state index in [0.29, 0.717) is 17.9 Å². The molecule has 0 spiro atoms. The SMILES string of the molecule is CCOc1ccc(C(=O)c2cccc(F)c2N)cc1. The Kier molecular flexibility index (Phi) is 3.80. The fraction of sp³-hybridized carbons (Fsp3) is 0.133. The predicted octanol–water partition coefficient (Wildman–Crippen LogP) is 3.04. The number of ketones is 1. The van der Waals surface area contributed by atoms with E-state index in [4.69, 9.17) is 10.5 Å². The number of nitrogen functional groups attached to an aromatic ring is 1. The maximum Gasteiger partial charge on any atom is 0.195 e. The van der Waals surface area contributed by atoms with E-state index < -0.39 is 5.82 Å². The van der Waals surface area contributed by atoms with Crippen LogP contribution in [0.15, 0.2) is 42.5 Å². The molecular formula is C15H14FNO2. The lowest BCUT2D eigenvalue weighted by Crippen LogP contribution is -2.07. The second-order valence-corrected chi connectivity index (χ2v) is 3.99. The average molecular weight is 259 g/mol. The third kappa shape index (κ3) is 2.73. The van der Waals surface area contributed by atoms with Crippen molar-refractivity contribution in [2.45, 2.75) is 6.92 Å². The van der Waals surface area contributed by atoms with Gasteiger partial charge in [-0.15, -0.1) is 0 Å². The van der Waals surface area contributed by atoms with E-state index in [0.717, 1.165) is 0 Å². The van der Waals surface area contributed by atoms with Gasteiger partial charge in [0.05, 0.1) is 12.3 Å². The molecule has 0 bridgehead atoms. The van der Waals surface area contributed by atoms with Gasteiger partial charge in [-0.2, -0.15) is 0 Å². The lowest BCUT2D eigenvalue weighted by atomic mass is 10.0. The molecule has 2 rings (SSSR count). The Morgan fingerprint density at radius 2 is 1.89 bits per heavy atom. The molecule has 0 aromatic heterocycles. The van der Waals surface area contributed by atoms with Crippen LogP contribution in [0.3, 0.4) is 0 Å². The lowest BCUT2D eigenvalue weighted by Gasteiger charge is -2.07. The van der Waals surface area contributed by atoms with Crippen molar-refractivity contribution < 1.29 is 13.9 Å². The van der Waals surface area contributed by atoms with Crippen molar-refractivity contribution in [2.24, 2.45) is 0 Å². The highest BCUT2D eigenvalue weighted by Gasteiger charge is 2.14. The Hall–Kier alpha value is -2.36. The molecule has 0 aliphatic heterocycles. The van der Waals surface area contributed by atoms with Gasteiger partial charge in [0, 0.05) is 11.1 Å². The maximum atomic E-state index is 13.3. The second kappa shape index (κ2) is 5.52. The van der Waals surface area contributed by atoms with Crippen molar-refractivity contribution in [2.75, 3.05) is 12.3 Å². The zero-order chi connectivity index (χ0) is 13.8. The Morgan fingerprint density at radius 1 is 1.21 bits per heavy atom. The highest BCUT2D eigenvalue weighted by molar-refractivity contribution is 6.12. The summed E-state index contributed by atoms with van der Waals surface area (Å²) in [5, 5.41) is 0. The van der Waals surface area contributed by atoms with E-state index in [1.165, 1.54) is 18.2 Å². The zero-order valence-corrected chi connectivity index (χ0v) is 10.5. The van der Waals surface area contributed by atoms with E-state index in [9.17, 15) is 9.18 Å². The van der Waals surface area contributed by atoms with Gasteiger partial charge < -0.3 is 10.5 Å². The summed E-state index contributed by atoms with van der Waals surface area (Å²) in [7, 11) is 0. The molecule has 0 heterocycles. The monoisotopic (exact) mass is 259 g/mol. The molecule has 0 aliphatic carbocycles. The molecule has 2 N–H and O–H groups in total. The molecule has 0 aliphatic rings. The number of anilines is 1. The Morgan fingerprint density at radius 3 is 2.53 bits per heavy atom. The van der Waals surface area contributed by atoms with Crippen molar-refractivity contribution in [3.8, 4) is 5.75 Å². The average Bonchev–Trinajstić information content (AvgIpc) is 2.42. The van der Waals surface area contributed by atoms with Crippen molar-refractivity contribution in [3.05, 3.63) is 59.4 Å². The summed E-state index contributed by atoms with van der Waals surface area (Å²) in [6.07, 6.45) is 0. The summed E-state index contributed by atoms with van der Waals surface area (Å²) in [6, 6.07) is 10.9. The lowest BCUT2D eigenvalue weighted by molar-refractivity contribution is 0.103. The molecule has 0 radical (unpaired) electrons. The molecule has 0 saturated heterocycles. The van der Waals surface area contributed by atoms with Gasteiger partial charge in [-0.3, -0.25) is 4.79 Å². The number of carbonyl (C=O) groups excluding carboxylic acids is 1. The Balaban J connectivity index is 2.31. The first kappa shape index (κ1) is 13.1. The maximum absolute atomic E-state index is 13.3. The van der Waals surface area contributed by atoms with Crippen LogP contribution in [0.5, 0.6) is 5.75 Å². The second-order valence-electron chi connectivity index (χ2n) is 3.99. The van der Waals surface area contributed by atoms with Crippen molar-refractivity contribution in [3.63, 3.8) is 0 Å². The molecule has 0 fully saturated rings. The molecule has 0 amide bonds. The van der Waals surface area contributed by atoms with Gasteiger partial charge in [0.2, 0.25) is 0 Å². The van der Waals surface area contributed by atoms with Crippen LogP contribution in [-0.2, 0) is 0 Å². The molecule has 0 saturated carbocycles. The molecular weight excluding hydrogens is 245 g/mol. The summed E-state index contributed by atoms with van der Waals surface area (Å²) >= 11 is 0. The molecule has 3 nitrogen and oxygen atoms in total. The van der Waals surface area contributed by atoms with Crippen molar-refractivity contribution in [1.82, 2.24) is 0 Å². The summed E-state index contributed by atoms with van der Waals surface area (Å²) < 4.78 is 18.6. The number of rotatable bonds is 4. The normalized spacial score (nSPS) is 10.2. The van der Waals surface area contributed by atoms with Gasteiger partial charge >= 0.3 is 0 Å². The first-order valence-electron chi connectivity index (χ1n) is 5.95. The van der Waals surface area contributed by atoms with Crippen LogP contribution in [-0.4, -0.2) is 12.4 Å². The minimum absolute atomic E-state index is 0.124. The number of hydrogen-bond acceptors (Lipinski definition) is 3. The molecule has 0 atom stereocenters. The molecule has 98 valence electrons. The number of ether oxygens (including phenoxy) is 1. The van der Waals surface area contributed by atoms with E-state index in [1.54, 1.807) is 24.3 Å². The van der Waals surface area contributed by atoms with Crippen LogP contribution in [0.2, 0.25) is 0 Å². The molecule has 4 heteroatoms. The first-order valence-corrected chi connectivity index (χ1v) is 5.95. The van der Waals surface area contributed by atoms with Gasteiger partial charge in [0.25, 0.3) is 0 Å². The summed E-state index contributed by atoms with van der Waals surface area (Å²) in [6.45, 7) is 2.44. The van der Waals surface area contributed by atoms with Crippen LogP contribution < -0.4 is 10.5 Å². The van der Waals surface area contributed by atoms with Crippen LogP contribution in [0.4, 0.5) is 10.1 Å². The predicted molar refractivity (Wildman–Crippen MR) is 71.9 cm³/mol. The number of benzene rings is 2. The summed E-state index contributed by atoms with van der Waals surface area (Å²) in [5.74, 6) is -0.205. The Bertz CT molecular complexity index is 594. The number of carbonyl (C=O) groups is 1. The highest BCUT2D eigenvalue weighted by atomic mass is 19.1. The topological polar surface area (TPSA) is 52.3 Å². The van der Waals surface area contributed by atoms with E-state index in [2.05, 4.69) is 0 Å². The quantitative estimate of drug-likeness (QED) is 0.678.